The van der Waals surface area contributed by atoms with E-state index in [2.05, 4.69) is 10.5 Å². The smallest absolute Gasteiger partial charge is 0.240 e. The van der Waals surface area contributed by atoms with E-state index in [1.54, 1.807) is 18.3 Å². The number of hydrazone groups is 1. The summed E-state index contributed by atoms with van der Waals surface area (Å²) in [5.41, 5.74) is 4.22. The Bertz CT molecular complexity index is 825. The zero-order chi connectivity index (χ0) is 20.4. The van der Waals surface area contributed by atoms with Crippen molar-refractivity contribution in [1.82, 2.24) is 5.43 Å². The quantitative estimate of drug-likeness (QED) is 0.399. The van der Waals surface area contributed by atoms with Crippen molar-refractivity contribution in [3.63, 3.8) is 0 Å². The van der Waals surface area contributed by atoms with E-state index in [0.717, 1.165) is 24.0 Å². The number of carbonyl (C=O) groups is 1. The average molecular weight is 423 g/mol. The van der Waals surface area contributed by atoms with Gasteiger partial charge in [-0.05, 0) is 54.8 Å². The van der Waals surface area contributed by atoms with Crippen LogP contribution in [0.25, 0.3) is 0 Å². The highest BCUT2D eigenvalue weighted by molar-refractivity contribution is 6.42. The first-order chi connectivity index (χ1) is 13.5. The van der Waals surface area contributed by atoms with Crippen molar-refractivity contribution < 1.29 is 14.3 Å². The third-order valence-electron chi connectivity index (χ3n) is 3.81. The molecule has 28 heavy (non-hydrogen) atoms. The van der Waals surface area contributed by atoms with Crippen LogP contribution in [0.1, 0.15) is 44.2 Å². The number of nitrogens with one attached hydrogen (secondary N) is 1. The predicted molar refractivity (Wildman–Crippen MR) is 114 cm³/mol. The zero-order valence-electron chi connectivity index (χ0n) is 16.0. The molecule has 0 unspecified atom stereocenters. The molecule has 1 N–H and O–H groups in total. The maximum Gasteiger partial charge on any atom is 0.240 e. The number of amides is 1. The van der Waals surface area contributed by atoms with Crippen LogP contribution in [0.3, 0.4) is 0 Å². The second-order valence-corrected chi connectivity index (χ2v) is 6.89. The Morgan fingerprint density at radius 2 is 1.89 bits per heavy atom. The van der Waals surface area contributed by atoms with E-state index in [9.17, 15) is 4.79 Å². The van der Waals surface area contributed by atoms with Crippen LogP contribution in [0.2, 0.25) is 10.0 Å². The molecule has 0 aliphatic carbocycles. The molecule has 0 bridgehead atoms. The van der Waals surface area contributed by atoms with E-state index in [-0.39, 0.29) is 5.91 Å². The highest BCUT2D eigenvalue weighted by Gasteiger charge is 2.08. The molecule has 0 fully saturated rings. The maximum absolute atomic E-state index is 11.6. The van der Waals surface area contributed by atoms with Crippen LogP contribution in [-0.4, -0.2) is 18.7 Å². The van der Waals surface area contributed by atoms with Crippen LogP contribution in [0, 0.1) is 0 Å². The summed E-state index contributed by atoms with van der Waals surface area (Å²) < 4.78 is 11.5. The lowest BCUT2D eigenvalue weighted by Gasteiger charge is -2.13. The molecular weight excluding hydrogens is 399 g/mol. The number of unbranched alkanes of at least 4 members (excludes halogenated alkanes) is 1. The number of hydrogen-bond donors (Lipinski definition) is 1. The van der Waals surface area contributed by atoms with Gasteiger partial charge in [0, 0.05) is 6.42 Å². The molecule has 0 aliphatic heterocycles. The van der Waals surface area contributed by atoms with Crippen molar-refractivity contribution in [2.24, 2.45) is 5.10 Å². The standard InChI is InChI=1S/C21H24Cl2N2O3/c1-3-5-6-21(26)25-24-13-15-8-10-19(20(12-15)27-4-2)28-14-16-7-9-17(22)18(23)11-16/h7-13H,3-6,14H2,1-2H3,(H,25,26)/b24-13+. The minimum Gasteiger partial charge on any atom is -0.490 e. The van der Waals surface area contributed by atoms with Crippen LogP contribution in [-0.2, 0) is 11.4 Å². The Hall–Kier alpha value is -2.24. The third kappa shape index (κ3) is 7.06. The zero-order valence-corrected chi connectivity index (χ0v) is 17.5. The molecular formula is C21H24Cl2N2O3. The topological polar surface area (TPSA) is 59.9 Å². The van der Waals surface area contributed by atoms with Gasteiger partial charge < -0.3 is 9.47 Å². The Balaban J connectivity index is 2.02. The van der Waals surface area contributed by atoms with Gasteiger partial charge in [0.2, 0.25) is 5.91 Å². The number of halogens is 2. The fourth-order valence-corrected chi connectivity index (χ4v) is 2.68. The fourth-order valence-electron chi connectivity index (χ4n) is 2.36. The van der Waals surface area contributed by atoms with Crippen molar-refractivity contribution in [2.75, 3.05) is 6.61 Å². The van der Waals surface area contributed by atoms with Gasteiger partial charge in [0.1, 0.15) is 6.61 Å². The highest BCUT2D eigenvalue weighted by atomic mass is 35.5. The molecule has 0 spiro atoms. The molecule has 150 valence electrons. The SMILES string of the molecule is CCCCC(=O)N/N=C/c1ccc(OCc2ccc(Cl)c(Cl)c2)c(OCC)c1. The molecule has 0 aliphatic rings. The van der Waals surface area contributed by atoms with E-state index in [4.69, 9.17) is 32.7 Å². The first-order valence-corrected chi connectivity index (χ1v) is 9.94. The molecule has 7 heteroatoms. The van der Waals surface area contributed by atoms with Gasteiger partial charge in [-0.25, -0.2) is 5.43 Å². The van der Waals surface area contributed by atoms with Crippen molar-refractivity contribution in [3.8, 4) is 11.5 Å². The normalized spacial score (nSPS) is 10.9. The van der Waals surface area contributed by atoms with E-state index >= 15 is 0 Å². The summed E-state index contributed by atoms with van der Waals surface area (Å²) in [5.74, 6) is 1.12. The Morgan fingerprint density at radius 3 is 2.61 bits per heavy atom. The molecule has 0 heterocycles. The van der Waals surface area contributed by atoms with Gasteiger partial charge in [0.15, 0.2) is 11.5 Å². The molecule has 2 rings (SSSR count). The average Bonchev–Trinajstić information content (AvgIpc) is 2.68. The summed E-state index contributed by atoms with van der Waals surface area (Å²) in [6, 6.07) is 10.8. The summed E-state index contributed by atoms with van der Waals surface area (Å²) in [6.45, 7) is 4.77. The van der Waals surface area contributed by atoms with Crippen LogP contribution >= 0.6 is 23.2 Å². The second kappa shape index (κ2) is 11.6. The van der Waals surface area contributed by atoms with Crippen molar-refractivity contribution in [2.45, 2.75) is 39.7 Å². The predicted octanol–water partition coefficient (Wildman–Crippen LogP) is 5.61. The molecule has 2 aromatic rings. The van der Waals surface area contributed by atoms with Crippen LogP contribution in [0.15, 0.2) is 41.5 Å². The van der Waals surface area contributed by atoms with Gasteiger partial charge in [-0.15, -0.1) is 0 Å². The lowest BCUT2D eigenvalue weighted by Crippen LogP contribution is -2.16. The van der Waals surface area contributed by atoms with Gasteiger partial charge in [0.25, 0.3) is 0 Å². The molecule has 2 aromatic carbocycles. The molecule has 1 amide bonds. The van der Waals surface area contributed by atoms with Gasteiger partial charge in [0.05, 0.1) is 22.9 Å². The van der Waals surface area contributed by atoms with Crippen LogP contribution in [0.5, 0.6) is 11.5 Å². The summed E-state index contributed by atoms with van der Waals surface area (Å²) in [4.78, 5) is 11.6. The van der Waals surface area contributed by atoms with E-state index < -0.39 is 0 Å². The van der Waals surface area contributed by atoms with Gasteiger partial charge in [-0.1, -0.05) is 42.6 Å². The van der Waals surface area contributed by atoms with Gasteiger partial charge in [-0.3, -0.25) is 4.79 Å². The number of nitrogens with zero attached hydrogens (tertiary/aromatic N) is 1. The largest absolute Gasteiger partial charge is 0.490 e. The number of rotatable bonds is 10. The molecule has 0 aromatic heterocycles. The molecule has 0 saturated carbocycles. The minimum absolute atomic E-state index is 0.0929. The summed E-state index contributed by atoms with van der Waals surface area (Å²) in [7, 11) is 0. The molecule has 0 saturated heterocycles. The Labute approximate surface area is 175 Å². The molecule has 5 nitrogen and oxygen atoms in total. The maximum atomic E-state index is 11.6. The number of ether oxygens (including phenoxy) is 2. The number of hydrogen-bond acceptors (Lipinski definition) is 4. The van der Waals surface area contributed by atoms with Gasteiger partial charge >= 0.3 is 0 Å². The number of carbonyl (C=O) groups excluding carboxylic acids is 1. The van der Waals surface area contributed by atoms with Gasteiger partial charge in [-0.2, -0.15) is 5.10 Å². The monoisotopic (exact) mass is 422 g/mol. The second-order valence-electron chi connectivity index (χ2n) is 6.07. The number of benzene rings is 2. The Morgan fingerprint density at radius 1 is 1.07 bits per heavy atom. The first-order valence-electron chi connectivity index (χ1n) is 9.19. The lowest BCUT2D eigenvalue weighted by atomic mass is 10.2. The summed E-state index contributed by atoms with van der Waals surface area (Å²) in [6.07, 6.45) is 3.87. The highest BCUT2D eigenvalue weighted by Crippen LogP contribution is 2.29. The van der Waals surface area contributed by atoms with Crippen LogP contribution < -0.4 is 14.9 Å². The van der Waals surface area contributed by atoms with Crippen molar-refractivity contribution in [1.29, 1.82) is 0 Å². The third-order valence-corrected chi connectivity index (χ3v) is 4.55. The van der Waals surface area contributed by atoms with Crippen LogP contribution in [0.4, 0.5) is 0 Å². The lowest BCUT2D eigenvalue weighted by molar-refractivity contribution is -0.121. The first kappa shape index (κ1) is 22.1. The van der Waals surface area contributed by atoms with E-state index in [1.807, 2.05) is 38.1 Å². The van der Waals surface area contributed by atoms with E-state index in [0.29, 0.717) is 41.2 Å². The molecule has 0 radical (unpaired) electrons. The van der Waals surface area contributed by atoms with Crippen molar-refractivity contribution >= 4 is 35.3 Å². The minimum atomic E-state index is -0.0929. The van der Waals surface area contributed by atoms with Crippen molar-refractivity contribution in [3.05, 3.63) is 57.6 Å². The summed E-state index contributed by atoms with van der Waals surface area (Å²) >= 11 is 12.0. The summed E-state index contributed by atoms with van der Waals surface area (Å²) in [5, 5.41) is 4.98. The fraction of sp³-hybridized carbons (Fsp3) is 0.333. The van der Waals surface area contributed by atoms with E-state index in [1.165, 1.54) is 0 Å². The molecule has 0 atom stereocenters. The Kier molecular flexibility index (Phi) is 9.11.